The largest absolute Gasteiger partial charge is 0.351 e. The molecule has 3 heterocycles. The minimum atomic E-state index is -4.48. The first kappa shape index (κ1) is 47.9. The number of hydrogen-bond acceptors (Lipinski definition) is 9. The third-order valence-corrected chi connectivity index (χ3v) is 12.1. The lowest BCUT2D eigenvalue weighted by Crippen LogP contribution is -2.57. The predicted octanol–water partition coefficient (Wildman–Crippen LogP) is 8.14. The van der Waals surface area contributed by atoms with Gasteiger partial charge in [0.15, 0.2) is 17.0 Å². The van der Waals surface area contributed by atoms with Crippen LogP contribution in [0.15, 0.2) is 134 Å². The number of rotatable bonds is 15. The number of aromatic nitrogens is 4. The first-order chi connectivity index (χ1) is 30.0. The van der Waals surface area contributed by atoms with Crippen molar-refractivity contribution in [2.24, 2.45) is 0 Å². The summed E-state index contributed by atoms with van der Waals surface area (Å²) in [7, 11) is -4.48. The number of fused-ring (bicyclic) bond motifs is 1. The van der Waals surface area contributed by atoms with Crippen molar-refractivity contribution >= 4 is 30.5 Å². The molecule has 13 nitrogen and oxygen atoms in total. The number of imidazole rings is 1. The SMILES string of the molecule is CCN(CC)CC.CCN(CC)CC.O=C(Nc1ncnc2c1ncn2[C@H]1CN(C(c2ccccc2)(c2ccccc2)c2ccccc2)C[C@@H](CP(=O)(O)O)O1)c1ccccc1. The minimum absolute atomic E-state index is 0.223. The van der Waals surface area contributed by atoms with Crippen LogP contribution in [0.2, 0.25) is 0 Å². The lowest BCUT2D eigenvalue weighted by molar-refractivity contribution is -0.128. The van der Waals surface area contributed by atoms with E-state index >= 15 is 0 Å². The molecule has 0 saturated carbocycles. The van der Waals surface area contributed by atoms with Crippen LogP contribution < -0.4 is 5.32 Å². The fourth-order valence-electron chi connectivity index (χ4n) is 7.96. The van der Waals surface area contributed by atoms with Crippen LogP contribution in [0.3, 0.4) is 0 Å². The zero-order valence-electron chi connectivity index (χ0n) is 36.9. The van der Waals surface area contributed by atoms with Crippen molar-refractivity contribution in [3.8, 4) is 0 Å². The number of benzene rings is 4. The zero-order chi connectivity index (χ0) is 44.5. The fourth-order valence-corrected chi connectivity index (χ4v) is 8.69. The van der Waals surface area contributed by atoms with E-state index in [1.165, 1.54) is 45.6 Å². The number of carbonyl (C=O) groups is 1. The summed E-state index contributed by atoms with van der Waals surface area (Å²) in [6, 6.07) is 39.1. The Morgan fingerprint density at radius 1 is 0.694 bits per heavy atom. The third kappa shape index (κ3) is 12.1. The van der Waals surface area contributed by atoms with Gasteiger partial charge in [-0.1, -0.05) is 151 Å². The number of hydrogen-bond donors (Lipinski definition) is 3. The molecule has 62 heavy (non-hydrogen) atoms. The third-order valence-electron chi connectivity index (χ3n) is 11.3. The molecule has 1 fully saturated rings. The van der Waals surface area contributed by atoms with Gasteiger partial charge in [-0.05, 0) is 68.1 Å². The second-order valence-electron chi connectivity index (χ2n) is 14.9. The van der Waals surface area contributed by atoms with Crippen molar-refractivity contribution in [1.82, 2.24) is 34.2 Å². The van der Waals surface area contributed by atoms with Crippen molar-refractivity contribution in [1.29, 1.82) is 0 Å². The van der Waals surface area contributed by atoms with Gasteiger partial charge >= 0.3 is 7.60 Å². The lowest BCUT2D eigenvalue weighted by atomic mass is 9.75. The van der Waals surface area contributed by atoms with E-state index in [1.54, 1.807) is 35.2 Å². The average Bonchev–Trinajstić information content (AvgIpc) is 3.75. The smallest absolute Gasteiger partial charge is 0.328 e. The van der Waals surface area contributed by atoms with E-state index in [4.69, 9.17) is 4.74 Å². The molecular weight excluding hydrogens is 800 g/mol. The van der Waals surface area contributed by atoms with Gasteiger partial charge < -0.3 is 29.6 Å². The summed E-state index contributed by atoms with van der Waals surface area (Å²) in [5, 5.41) is 2.83. The highest BCUT2D eigenvalue weighted by molar-refractivity contribution is 7.51. The Labute approximate surface area is 367 Å². The van der Waals surface area contributed by atoms with E-state index in [2.05, 4.69) is 113 Å². The molecule has 0 bridgehead atoms. The van der Waals surface area contributed by atoms with Gasteiger partial charge in [0.25, 0.3) is 5.91 Å². The maximum absolute atomic E-state index is 13.0. The number of anilines is 1. The molecule has 330 valence electrons. The van der Waals surface area contributed by atoms with E-state index in [0.717, 1.165) is 16.7 Å². The zero-order valence-corrected chi connectivity index (χ0v) is 37.8. The van der Waals surface area contributed by atoms with Crippen molar-refractivity contribution in [3.63, 3.8) is 0 Å². The summed E-state index contributed by atoms with van der Waals surface area (Å²) < 4.78 is 20.7. The Morgan fingerprint density at radius 3 is 1.56 bits per heavy atom. The molecule has 1 saturated heterocycles. The Kier molecular flexibility index (Phi) is 18.1. The van der Waals surface area contributed by atoms with Crippen LogP contribution >= 0.6 is 7.60 Å². The Hall–Kier alpha value is -5.11. The van der Waals surface area contributed by atoms with Crippen molar-refractivity contribution in [2.75, 3.05) is 63.8 Å². The summed E-state index contributed by atoms with van der Waals surface area (Å²) in [5.41, 5.74) is 3.33. The minimum Gasteiger partial charge on any atom is -0.351 e. The molecule has 0 radical (unpaired) electrons. The van der Waals surface area contributed by atoms with Crippen LogP contribution in [0.25, 0.3) is 11.2 Å². The predicted molar refractivity (Wildman–Crippen MR) is 248 cm³/mol. The molecule has 0 spiro atoms. The van der Waals surface area contributed by atoms with Crippen LogP contribution in [0.4, 0.5) is 5.82 Å². The van der Waals surface area contributed by atoms with Crippen LogP contribution in [0.1, 0.15) is 74.8 Å². The second-order valence-corrected chi connectivity index (χ2v) is 16.6. The highest BCUT2D eigenvalue weighted by Gasteiger charge is 2.47. The van der Waals surface area contributed by atoms with Crippen molar-refractivity contribution < 1.29 is 23.9 Å². The molecule has 3 N–H and O–H groups in total. The van der Waals surface area contributed by atoms with E-state index in [1.807, 2.05) is 60.7 Å². The summed E-state index contributed by atoms with van der Waals surface area (Å²) in [4.78, 5) is 53.6. The van der Waals surface area contributed by atoms with Gasteiger partial charge in [-0.3, -0.25) is 18.8 Å². The Balaban J connectivity index is 0.000000448. The molecule has 1 aliphatic rings. The maximum Gasteiger partial charge on any atom is 0.328 e. The van der Waals surface area contributed by atoms with Gasteiger partial charge in [0.2, 0.25) is 0 Å². The van der Waals surface area contributed by atoms with Gasteiger partial charge in [0, 0.05) is 18.7 Å². The molecule has 0 aliphatic carbocycles. The molecule has 4 aromatic carbocycles. The van der Waals surface area contributed by atoms with Crippen LogP contribution in [0.5, 0.6) is 0 Å². The number of carbonyl (C=O) groups excluding carboxylic acids is 1. The van der Waals surface area contributed by atoms with Crippen LogP contribution in [-0.4, -0.2) is 115 Å². The van der Waals surface area contributed by atoms with Crippen LogP contribution in [-0.2, 0) is 14.8 Å². The molecule has 1 aliphatic heterocycles. The van der Waals surface area contributed by atoms with Gasteiger partial charge in [0.1, 0.15) is 12.6 Å². The molecule has 6 aromatic rings. The maximum atomic E-state index is 13.0. The number of amides is 1. The Bertz CT molecular complexity index is 2150. The lowest BCUT2D eigenvalue weighted by Gasteiger charge is -2.50. The van der Waals surface area contributed by atoms with E-state index < -0.39 is 31.6 Å². The van der Waals surface area contributed by atoms with Crippen molar-refractivity contribution in [2.45, 2.75) is 59.4 Å². The van der Waals surface area contributed by atoms with Crippen LogP contribution in [0, 0.1) is 0 Å². The number of nitrogens with one attached hydrogen (secondary N) is 1. The summed E-state index contributed by atoms with van der Waals surface area (Å²) in [6.45, 7) is 20.8. The standard InChI is InChI=1S/C36H33N6O5P.2C6H15N/c43-35(26-13-5-1-6-14-26)40-33-32-34(38-24-37-33)42(25-39-32)31-22-41(21-30(47-31)23-48(44,45)46)36(27-15-7-2-8-16-27,28-17-9-3-10-18-28)29-19-11-4-12-20-29;2*1-4-7(5-2)6-3/h1-20,24-25,30-31H,21-23H2,(H2,44,45,46)(H,37,38,40,43);2*4-6H2,1-3H3/t30-,31+;;/m0../s1. The van der Waals surface area contributed by atoms with E-state index in [-0.39, 0.29) is 18.3 Å². The van der Waals surface area contributed by atoms with E-state index in [9.17, 15) is 19.1 Å². The quantitative estimate of drug-likeness (QED) is 0.0679. The van der Waals surface area contributed by atoms with Gasteiger partial charge in [-0.2, -0.15) is 0 Å². The van der Waals surface area contributed by atoms with Gasteiger partial charge in [-0.25, -0.2) is 15.0 Å². The Morgan fingerprint density at radius 2 is 1.15 bits per heavy atom. The summed E-state index contributed by atoms with van der Waals surface area (Å²) in [5.74, 6) is -0.107. The fraction of sp³-hybridized carbons (Fsp3) is 0.375. The highest BCUT2D eigenvalue weighted by Crippen LogP contribution is 2.46. The first-order valence-corrected chi connectivity index (χ1v) is 23.4. The van der Waals surface area contributed by atoms with E-state index in [0.29, 0.717) is 23.3 Å². The molecule has 7 rings (SSSR count). The number of morpholine rings is 1. The number of nitrogens with zero attached hydrogens (tertiary/aromatic N) is 7. The molecule has 0 unspecified atom stereocenters. The number of ether oxygens (including phenoxy) is 1. The molecular formula is C48H63N8O5P. The topological polar surface area (TPSA) is 149 Å². The summed E-state index contributed by atoms with van der Waals surface area (Å²) in [6.07, 6.45) is 0.820. The monoisotopic (exact) mass is 862 g/mol. The molecule has 14 heteroatoms. The highest BCUT2D eigenvalue weighted by atomic mass is 31.2. The van der Waals surface area contributed by atoms with Gasteiger partial charge in [-0.15, -0.1) is 0 Å². The second kappa shape index (κ2) is 23.4. The van der Waals surface area contributed by atoms with Crippen molar-refractivity contribution in [3.05, 3.63) is 156 Å². The summed E-state index contributed by atoms with van der Waals surface area (Å²) >= 11 is 0. The molecule has 2 aromatic heterocycles. The first-order valence-electron chi connectivity index (χ1n) is 21.6. The molecule has 2 atom stereocenters. The average molecular weight is 863 g/mol. The normalized spacial score (nSPS) is 15.7. The van der Waals surface area contributed by atoms with Gasteiger partial charge in [0.05, 0.1) is 24.1 Å². The molecule has 1 amide bonds.